The zero-order valence-corrected chi connectivity index (χ0v) is 14.1. The fraction of sp³-hybridized carbons (Fsp3) is 0.611. The maximum Gasteiger partial charge on any atom is 0.223 e. The van der Waals surface area contributed by atoms with Crippen molar-refractivity contribution in [3.8, 4) is 0 Å². The van der Waals surface area contributed by atoms with E-state index >= 15 is 0 Å². The molecule has 1 amide bonds. The summed E-state index contributed by atoms with van der Waals surface area (Å²) >= 11 is 0. The van der Waals surface area contributed by atoms with E-state index in [2.05, 4.69) is 41.8 Å². The normalized spacial score (nSPS) is 22.0. The number of hydrogen-bond acceptors (Lipinski definition) is 2. The lowest BCUT2D eigenvalue weighted by atomic mass is 9.76. The van der Waals surface area contributed by atoms with Crippen molar-refractivity contribution >= 4 is 18.3 Å². The zero-order chi connectivity index (χ0) is 14.7. The van der Waals surface area contributed by atoms with E-state index in [9.17, 15) is 4.79 Å². The van der Waals surface area contributed by atoms with Crippen LogP contribution in [0.1, 0.15) is 44.6 Å². The monoisotopic (exact) mass is 322 g/mol. The molecular weight excluding hydrogens is 296 g/mol. The summed E-state index contributed by atoms with van der Waals surface area (Å²) in [7, 11) is 0. The van der Waals surface area contributed by atoms with Gasteiger partial charge in [0.25, 0.3) is 0 Å². The number of benzene rings is 1. The molecule has 22 heavy (non-hydrogen) atoms. The number of rotatable bonds is 4. The van der Waals surface area contributed by atoms with Gasteiger partial charge in [0.05, 0.1) is 5.54 Å². The van der Waals surface area contributed by atoms with Crippen LogP contribution in [-0.2, 0) is 10.3 Å². The maximum absolute atomic E-state index is 12.7. The van der Waals surface area contributed by atoms with Gasteiger partial charge in [0.1, 0.15) is 0 Å². The SMILES string of the molecule is CC(C(=O)NC1(c2ccccc2)CCCCC1)C1CNC1.Cl. The van der Waals surface area contributed by atoms with E-state index in [0.717, 1.165) is 25.9 Å². The highest BCUT2D eigenvalue weighted by molar-refractivity contribution is 5.85. The van der Waals surface area contributed by atoms with Gasteiger partial charge in [-0.25, -0.2) is 0 Å². The van der Waals surface area contributed by atoms with Gasteiger partial charge in [0.2, 0.25) is 5.91 Å². The van der Waals surface area contributed by atoms with Gasteiger partial charge in [0.15, 0.2) is 0 Å². The molecule has 1 unspecified atom stereocenters. The van der Waals surface area contributed by atoms with Crippen molar-refractivity contribution in [1.29, 1.82) is 0 Å². The summed E-state index contributed by atoms with van der Waals surface area (Å²) in [5, 5.41) is 6.69. The fourth-order valence-electron chi connectivity index (χ4n) is 3.63. The Morgan fingerprint density at radius 2 is 1.82 bits per heavy atom. The molecule has 0 bridgehead atoms. The lowest BCUT2D eigenvalue weighted by Crippen LogP contribution is -2.54. The van der Waals surface area contributed by atoms with Gasteiger partial charge in [-0.2, -0.15) is 0 Å². The lowest BCUT2D eigenvalue weighted by Gasteiger charge is -2.41. The van der Waals surface area contributed by atoms with Gasteiger partial charge in [-0.05, 0) is 37.4 Å². The number of hydrogen-bond donors (Lipinski definition) is 2. The Bertz CT molecular complexity index is 481. The van der Waals surface area contributed by atoms with Crippen LogP contribution in [0.4, 0.5) is 0 Å². The second-order valence-electron chi connectivity index (χ2n) is 6.71. The van der Waals surface area contributed by atoms with Crippen molar-refractivity contribution in [2.45, 2.75) is 44.6 Å². The summed E-state index contributed by atoms with van der Waals surface area (Å²) in [5.74, 6) is 0.836. The number of carbonyl (C=O) groups excluding carboxylic acids is 1. The first-order valence-corrected chi connectivity index (χ1v) is 8.29. The van der Waals surface area contributed by atoms with Gasteiger partial charge >= 0.3 is 0 Å². The number of amides is 1. The highest BCUT2D eigenvalue weighted by Gasteiger charge is 2.38. The molecule has 1 heterocycles. The molecule has 4 heteroatoms. The lowest BCUT2D eigenvalue weighted by molar-refractivity contribution is -0.129. The molecule has 0 aromatic heterocycles. The predicted octanol–water partition coefficient (Wildman–Crippen LogP) is 3.24. The summed E-state index contributed by atoms with van der Waals surface area (Å²) in [4.78, 5) is 12.7. The third-order valence-corrected chi connectivity index (χ3v) is 5.33. The highest BCUT2D eigenvalue weighted by Crippen LogP contribution is 2.37. The Morgan fingerprint density at radius 3 is 2.36 bits per heavy atom. The summed E-state index contributed by atoms with van der Waals surface area (Å²) < 4.78 is 0. The Kier molecular flexibility index (Phi) is 5.87. The molecule has 1 aliphatic carbocycles. The summed E-state index contributed by atoms with van der Waals surface area (Å²) in [6.45, 7) is 4.03. The standard InChI is InChI=1S/C18H26N2O.ClH/c1-14(15-12-19-13-15)17(21)20-18(10-6-3-7-11-18)16-8-4-2-5-9-16;/h2,4-5,8-9,14-15,19H,3,6-7,10-13H2,1H3,(H,20,21);1H. The second kappa shape index (κ2) is 7.47. The van der Waals surface area contributed by atoms with Crippen LogP contribution in [0, 0.1) is 11.8 Å². The predicted molar refractivity (Wildman–Crippen MR) is 92.1 cm³/mol. The molecule has 1 aromatic carbocycles. The third-order valence-electron chi connectivity index (χ3n) is 5.33. The Hall–Kier alpha value is -1.06. The van der Waals surface area contributed by atoms with E-state index in [1.165, 1.54) is 24.8 Å². The van der Waals surface area contributed by atoms with Gasteiger partial charge in [-0.1, -0.05) is 56.5 Å². The van der Waals surface area contributed by atoms with Gasteiger partial charge < -0.3 is 10.6 Å². The summed E-state index contributed by atoms with van der Waals surface area (Å²) in [5.41, 5.74) is 1.14. The molecule has 2 aliphatic rings. The van der Waals surface area contributed by atoms with Crippen LogP contribution in [0.2, 0.25) is 0 Å². The molecule has 3 rings (SSSR count). The molecule has 3 nitrogen and oxygen atoms in total. The highest BCUT2D eigenvalue weighted by atomic mass is 35.5. The summed E-state index contributed by atoms with van der Waals surface area (Å²) in [6, 6.07) is 10.5. The van der Waals surface area contributed by atoms with Crippen molar-refractivity contribution in [3.05, 3.63) is 35.9 Å². The Balaban J connectivity index is 0.00000176. The third kappa shape index (κ3) is 3.47. The maximum atomic E-state index is 12.7. The van der Waals surface area contributed by atoms with Crippen LogP contribution in [0.25, 0.3) is 0 Å². The van der Waals surface area contributed by atoms with E-state index in [1.807, 2.05) is 6.07 Å². The van der Waals surface area contributed by atoms with Crippen LogP contribution in [0.5, 0.6) is 0 Å². The minimum Gasteiger partial charge on any atom is -0.346 e. The number of nitrogens with one attached hydrogen (secondary N) is 2. The van der Waals surface area contributed by atoms with Gasteiger partial charge in [-0.3, -0.25) is 4.79 Å². The van der Waals surface area contributed by atoms with Crippen molar-refractivity contribution in [1.82, 2.24) is 10.6 Å². The van der Waals surface area contributed by atoms with Crippen molar-refractivity contribution in [3.63, 3.8) is 0 Å². The van der Waals surface area contributed by atoms with Crippen LogP contribution < -0.4 is 10.6 Å². The molecule has 2 fully saturated rings. The smallest absolute Gasteiger partial charge is 0.223 e. The largest absolute Gasteiger partial charge is 0.346 e. The second-order valence-corrected chi connectivity index (χ2v) is 6.71. The minimum absolute atomic E-state index is 0. The number of halogens is 1. The molecule has 0 radical (unpaired) electrons. The van der Waals surface area contributed by atoms with E-state index in [1.54, 1.807) is 0 Å². The van der Waals surface area contributed by atoms with Crippen LogP contribution in [0.15, 0.2) is 30.3 Å². The molecule has 1 saturated heterocycles. The van der Waals surface area contributed by atoms with Crippen molar-refractivity contribution in [2.75, 3.05) is 13.1 Å². The van der Waals surface area contributed by atoms with Crippen LogP contribution in [0.3, 0.4) is 0 Å². The molecule has 2 N–H and O–H groups in total. The number of carbonyl (C=O) groups is 1. The van der Waals surface area contributed by atoms with Gasteiger partial charge in [-0.15, -0.1) is 12.4 Å². The molecule has 0 spiro atoms. The van der Waals surface area contributed by atoms with E-state index in [4.69, 9.17) is 0 Å². The molecule has 1 aliphatic heterocycles. The molecule has 122 valence electrons. The van der Waals surface area contributed by atoms with E-state index in [-0.39, 0.29) is 29.8 Å². The zero-order valence-electron chi connectivity index (χ0n) is 13.3. The quantitative estimate of drug-likeness (QED) is 0.893. The van der Waals surface area contributed by atoms with E-state index in [0.29, 0.717) is 5.92 Å². The average molecular weight is 323 g/mol. The first kappa shape index (κ1) is 17.3. The van der Waals surface area contributed by atoms with Crippen LogP contribution in [-0.4, -0.2) is 19.0 Å². The summed E-state index contributed by atoms with van der Waals surface area (Å²) in [6.07, 6.45) is 5.83. The Labute approximate surface area is 139 Å². The van der Waals surface area contributed by atoms with E-state index < -0.39 is 0 Å². The molecular formula is C18H27ClN2O. The van der Waals surface area contributed by atoms with Crippen molar-refractivity contribution < 1.29 is 4.79 Å². The molecule has 1 atom stereocenters. The topological polar surface area (TPSA) is 41.1 Å². The molecule has 1 saturated carbocycles. The fourth-order valence-corrected chi connectivity index (χ4v) is 3.63. The first-order valence-electron chi connectivity index (χ1n) is 8.29. The molecule has 1 aromatic rings. The van der Waals surface area contributed by atoms with Gasteiger partial charge in [0, 0.05) is 5.92 Å². The minimum atomic E-state index is -0.137. The van der Waals surface area contributed by atoms with Crippen LogP contribution >= 0.6 is 12.4 Å². The average Bonchev–Trinajstić information content (AvgIpc) is 2.47. The Morgan fingerprint density at radius 1 is 1.18 bits per heavy atom. The van der Waals surface area contributed by atoms with Crippen molar-refractivity contribution in [2.24, 2.45) is 11.8 Å². The first-order chi connectivity index (χ1) is 10.2.